The van der Waals surface area contributed by atoms with Gasteiger partial charge in [0, 0.05) is 83.5 Å². The highest BCUT2D eigenvalue weighted by Crippen LogP contribution is 2.47. The third kappa shape index (κ3) is 6.66. The second-order valence-electron chi connectivity index (χ2n) is 14.4. The summed E-state index contributed by atoms with van der Waals surface area (Å²) < 4.78 is 11.9. The molecule has 2 heterocycles. The van der Waals surface area contributed by atoms with E-state index in [4.69, 9.17) is 32.7 Å². The molecule has 270 valence electrons. The van der Waals surface area contributed by atoms with Crippen LogP contribution in [0.5, 0.6) is 11.5 Å². The molecule has 4 aromatic carbocycles. The Hall–Kier alpha value is -4.08. The molecule has 8 rings (SSSR count). The number of benzene rings is 4. The quantitative estimate of drug-likeness (QED) is 0.126. The molecule has 4 N–H and O–H groups in total. The molecule has 2 fully saturated rings. The van der Waals surface area contributed by atoms with E-state index in [9.17, 15) is 9.59 Å². The molecule has 2 amide bonds. The molecule has 2 aliphatic heterocycles. The van der Waals surface area contributed by atoms with Gasteiger partial charge in [-0.3, -0.25) is 9.59 Å². The number of aryl methyl sites for hydroxylation is 2. The van der Waals surface area contributed by atoms with E-state index in [2.05, 4.69) is 57.7 Å². The Balaban J connectivity index is 1.07. The standard InChI is InChI=1S/C42H44Cl2N4O4/c1-51-35-19-25(17-23-9-13-33(39(23)35)45-21-27-11-15-37(49)47-27)29-5-3-7-31(41(29)43)32-8-4-6-30(42(32)44)26-18-24-10-14-34(40(24)36(20-26)52-2)46-22-28-12-16-38(50)48-28/h3-8,17-20,27-28,33-34,45-46H,9-16,21-22H2,1-2H3,(H,47,49)(H,48,50)/t27-,28-,33-,34+/m0/s1. The summed E-state index contributed by atoms with van der Waals surface area (Å²) >= 11 is 14.6. The predicted octanol–water partition coefficient (Wildman–Crippen LogP) is 7.72. The van der Waals surface area contributed by atoms with Crippen molar-refractivity contribution in [3.05, 3.63) is 93.0 Å². The SMILES string of the molecule is COc1cc(-c2cccc(-c3cccc(-c4cc5c(c(OC)c4)[C@H](NC[C@@H]4CCC(=O)N4)CC5)c3Cl)c2Cl)cc2c1[C@@H](NC[C@@H]1CCC(=O)N1)CC2. The monoisotopic (exact) mass is 738 g/mol. The molecule has 4 aliphatic rings. The van der Waals surface area contributed by atoms with E-state index in [1.807, 2.05) is 24.3 Å². The number of fused-ring (bicyclic) bond motifs is 2. The van der Waals surface area contributed by atoms with E-state index < -0.39 is 0 Å². The maximum atomic E-state index is 11.7. The molecule has 2 saturated heterocycles. The van der Waals surface area contributed by atoms with Crippen molar-refractivity contribution in [2.45, 2.75) is 75.5 Å². The van der Waals surface area contributed by atoms with Crippen LogP contribution in [0.25, 0.3) is 33.4 Å². The highest BCUT2D eigenvalue weighted by Gasteiger charge is 2.31. The topological polar surface area (TPSA) is 101 Å². The Morgan fingerprint density at radius 2 is 1.04 bits per heavy atom. The van der Waals surface area contributed by atoms with Gasteiger partial charge in [-0.15, -0.1) is 0 Å². The van der Waals surface area contributed by atoms with Gasteiger partial charge >= 0.3 is 0 Å². The predicted molar refractivity (Wildman–Crippen MR) is 206 cm³/mol. The lowest BCUT2D eigenvalue weighted by molar-refractivity contribution is -0.120. The molecule has 4 atom stereocenters. The summed E-state index contributed by atoms with van der Waals surface area (Å²) in [5, 5.41) is 14.7. The van der Waals surface area contributed by atoms with Crippen LogP contribution in [0.2, 0.25) is 10.0 Å². The Morgan fingerprint density at radius 1 is 0.615 bits per heavy atom. The molecular weight excluding hydrogens is 695 g/mol. The van der Waals surface area contributed by atoms with Crippen LogP contribution in [0.15, 0.2) is 60.7 Å². The van der Waals surface area contributed by atoms with Gasteiger partial charge in [0.15, 0.2) is 0 Å². The highest BCUT2D eigenvalue weighted by molar-refractivity contribution is 6.39. The second kappa shape index (κ2) is 14.7. The number of nitrogens with one attached hydrogen (secondary N) is 4. The summed E-state index contributed by atoms with van der Waals surface area (Å²) in [6.45, 7) is 1.49. The van der Waals surface area contributed by atoms with Gasteiger partial charge in [-0.1, -0.05) is 71.7 Å². The van der Waals surface area contributed by atoms with Crippen LogP contribution in [0.3, 0.4) is 0 Å². The molecule has 10 heteroatoms. The number of hydrogen-bond acceptors (Lipinski definition) is 6. The number of carbonyl (C=O) groups excluding carboxylic acids is 2. The summed E-state index contributed by atoms with van der Waals surface area (Å²) in [6.07, 6.45) is 6.73. The Labute approximate surface area is 315 Å². The summed E-state index contributed by atoms with van der Waals surface area (Å²) in [4.78, 5) is 23.4. The minimum atomic E-state index is 0.132. The number of ether oxygens (including phenoxy) is 2. The van der Waals surface area contributed by atoms with Crippen molar-refractivity contribution >= 4 is 35.0 Å². The van der Waals surface area contributed by atoms with Crippen molar-refractivity contribution in [3.8, 4) is 44.9 Å². The van der Waals surface area contributed by atoms with E-state index in [1.165, 1.54) is 22.3 Å². The Kier molecular flexibility index (Phi) is 9.92. The summed E-state index contributed by atoms with van der Waals surface area (Å²) in [6, 6.07) is 21.5. The molecule has 0 saturated carbocycles. The number of halogens is 2. The van der Waals surface area contributed by atoms with E-state index in [1.54, 1.807) is 14.2 Å². The van der Waals surface area contributed by atoms with Gasteiger partial charge in [0.2, 0.25) is 11.8 Å². The largest absolute Gasteiger partial charge is 0.496 e. The zero-order chi connectivity index (χ0) is 35.9. The van der Waals surface area contributed by atoms with Crippen molar-refractivity contribution in [2.75, 3.05) is 27.3 Å². The Bertz CT molecular complexity index is 1910. The smallest absolute Gasteiger partial charge is 0.220 e. The summed E-state index contributed by atoms with van der Waals surface area (Å²) in [7, 11) is 3.44. The fourth-order valence-corrected chi connectivity index (χ4v) is 9.35. The van der Waals surface area contributed by atoms with Crippen molar-refractivity contribution in [3.63, 3.8) is 0 Å². The van der Waals surface area contributed by atoms with E-state index in [0.717, 1.165) is 96.5 Å². The van der Waals surface area contributed by atoms with Crippen molar-refractivity contribution < 1.29 is 19.1 Å². The van der Waals surface area contributed by atoms with E-state index >= 15 is 0 Å². The summed E-state index contributed by atoms with van der Waals surface area (Å²) in [5.41, 5.74) is 10.4. The zero-order valence-electron chi connectivity index (χ0n) is 29.5. The first-order chi connectivity index (χ1) is 25.3. The normalized spacial score (nSPS) is 21.9. The first kappa shape index (κ1) is 35.0. The van der Waals surface area contributed by atoms with Gasteiger partial charge in [-0.25, -0.2) is 0 Å². The molecule has 0 bridgehead atoms. The lowest BCUT2D eigenvalue weighted by Gasteiger charge is -2.21. The fourth-order valence-electron chi connectivity index (χ4n) is 8.67. The maximum absolute atomic E-state index is 11.7. The van der Waals surface area contributed by atoms with Crippen molar-refractivity contribution in [1.29, 1.82) is 0 Å². The molecule has 4 aromatic rings. The summed E-state index contributed by atoms with van der Waals surface area (Å²) in [5.74, 6) is 1.94. The van der Waals surface area contributed by atoms with Gasteiger partial charge in [0.05, 0.1) is 24.3 Å². The third-order valence-corrected chi connectivity index (χ3v) is 12.1. The average molecular weight is 740 g/mol. The van der Waals surface area contributed by atoms with Crippen LogP contribution in [0, 0.1) is 0 Å². The number of rotatable bonds is 11. The van der Waals surface area contributed by atoms with Crippen LogP contribution >= 0.6 is 23.2 Å². The van der Waals surface area contributed by atoms with Gasteiger partial charge in [0.1, 0.15) is 11.5 Å². The Morgan fingerprint density at radius 3 is 1.42 bits per heavy atom. The van der Waals surface area contributed by atoms with Crippen LogP contribution in [0.4, 0.5) is 0 Å². The molecular formula is C42H44Cl2N4O4. The molecule has 0 aromatic heterocycles. The lowest BCUT2D eigenvalue weighted by Crippen LogP contribution is -2.36. The van der Waals surface area contributed by atoms with Crippen molar-refractivity contribution in [1.82, 2.24) is 21.3 Å². The number of carbonyl (C=O) groups is 2. The number of amides is 2. The molecule has 0 unspecified atom stereocenters. The van der Waals surface area contributed by atoms with Gasteiger partial charge < -0.3 is 30.7 Å². The minimum Gasteiger partial charge on any atom is -0.496 e. The van der Waals surface area contributed by atoms with Crippen LogP contribution in [-0.4, -0.2) is 51.2 Å². The van der Waals surface area contributed by atoms with Gasteiger partial charge in [-0.05, 0) is 72.9 Å². The number of methoxy groups -OCH3 is 2. The van der Waals surface area contributed by atoms with Gasteiger partial charge in [0.25, 0.3) is 0 Å². The highest BCUT2D eigenvalue weighted by atomic mass is 35.5. The zero-order valence-corrected chi connectivity index (χ0v) is 31.1. The van der Waals surface area contributed by atoms with Crippen molar-refractivity contribution in [2.24, 2.45) is 0 Å². The molecule has 0 spiro atoms. The van der Waals surface area contributed by atoms with Gasteiger partial charge in [-0.2, -0.15) is 0 Å². The van der Waals surface area contributed by atoms with Crippen LogP contribution in [-0.2, 0) is 22.4 Å². The van der Waals surface area contributed by atoms with Crippen LogP contribution in [0.1, 0.15) is 72.9 Å². The molecule has 8 nitrogen and oxygen atoms in total. The number of hydrogen-bond donors (Lipinski definition) is 4. The lowest BCUT2D eigenvalue weighted by atomic mass is 9.93. The fraction of sp³-hybridized carbons (Fsp3) is 0.381. The first-order valence-electron chi connectivity index (χ1n) is 18.4. The average Bonchev–Trinajstić information content (AvgIpc) is 3.96. The molecule has 0 radical (unpaired) electrons. The second-order valence-corrected chi connectivity index (χ2v) is 15.2. The van der Waals surface area contributed by atoms with E-state index in [0.29, 0.717) is 22.9 Å². The third-order valence-electron chi connectivity index (χ3n) is 11.3. The van der Waals surface area contributed by atoms with Crippen LogP contribution < -0.4 is 30.7 Å². The molecule has 2 aliphatic carbocycles. The molecule has 52 heavy (non-hydrogen) atoms. The first-order valence-corrected chi connectivity index (χ1v) is 19.1. The maximum Gasteiger partial charge on any atom is 0.220 e. The van der Waals surface area contributed by atoms with E-state index in [-0.39, 0.29) is 36.0 Å². The minimum absolute atomic E-state index is 0.132.